The van der Waals surface area contributed by atoms with Gasteiger partial charge in [-0.05, 0) is 74.2 Å². The molecule has 0 aromatic heterocycles. The van der Waals surface area contributed by atoms with Gasteiger partial charge in [0.25, 0.3) is 0 Å². The van der Waals surface area contributed by atoms with Crippen LogP contribution in [0, 0.1) is 28.6 Å². The van der Waals surface area contributed by atoms with E-state index in [0.29, 0.717) is 24.2 Å². The van der Waals surface area contributed by atoms with Crippen LogP contribution in [0.2, 0.25) is 0 Å². The van der Waals surface area contributed by atoms with Gasteiger partial charge in [-0.25, -0.2) is 0 Å². The smallest absolute Gasteiger partial charge is 0.322 e. The Morgan fingerprint density at radius 1 is 1.06 bits per heavy atom. The van der Waals surface area contributed by atoms with E-state index >= 15 is 0 Å². The van der Waals surface area contributed by atoms with E-state index in [1.807, 2.05) is 6.08 Å². The average molecular weight is 446 g/mol. The summed E-state index contributed by atoms with van der Waals surface area (Å²) in [4.78, 5) is 46.7. The van der Waals surface area contributed by atoms with E-state index in [1.165, 1.54) is 5.57 Å². The summed E-state index contributed by atoms with van der Waals surface area (Å²) < 4.78 is 5.89. The van der Waals surface area contributed by atoms with Crippen LogP contribution in [0.3, 0.4) is 0 Å². The minimum absolute atomic E-state index is 0.0327. The van der Waals surface area contributed by atoms with Gasteiger partial charge in [0.05, 0.1) is 6.42 Å². The van der Waals surface area contributed by atoms with E-state index in [4.69, 9.17) is 9.84 Å². The van der Waals surface area contributed by atoms with E-state index in [1.54, 1.807) is 0 Å². The van der Waals surface area contributed by atoms with E-state index < -0.39 is 18.4 Å². The molecule has 0 aromatic rings. The predicted molar refractivity (Wildman–Crippen MR) is 116 cm³/mol. The van der Waals surface area contributed by atoms with Gasteiger partial charge in [-0.1, -0.05) is 19.4 Å². The van der Waals surface area contributed by atoms with Crippen molar-refractivity contribution in [2.24, 2.45) is 28.6 Å². The number of hydrogen-bond donors (Lipinski definition) is 2. The van der Waals surface area contributed by atoms with Crippen LogP contribution in [0.1, 0.15) is 78.1 Å². The standard InChI is InChI=1S/C25H35NO6/c1-24-11-9-16(27)13-15(24)3-4-17-18-5-6-20(25(18,2)12-10-19(17)24)32-23(31)8-7-21(28)26-14-22(29)30/h13,17-20H,3-12,14H2,1-2H3,(H,26,28)(H,29,30)/t17?,18?,19?,20?,24-,25-/m0/s1. The summed E-state index contributed by atoms with van der Waals surface area (Å²) >= 11 is 0. The second-order valence-electron chi connectivity index (χ2n) is 10.7. The van der Waals surface area contributed by atoms with Crippen LogP contribution in [0.5, 0.6) is 0 Å². The van der Waals surface area contributed by atoms with Crippen molar-refractivity contribution in [3.05, 3.63) is 11.6 Å². The first kappa shape index (κ1) is 23.0. The Balaban J connectivity index is 1.37. The molecular weight excluding hydrogens is 410 g/mol. The van der Waals surface area contributed by atoms with E-state index in [-0.39, 0.29) is 41.5 Å². The topological polar surface area (TPSA) is 110 Å². The van der Waals surface area contributed by atoms with Crippen molar-refractivity contribution in [3.63, 3.8) is 0 Å². The lowest BCUT2D eigenvalue weighted by Gasteiger charge is -2.57. The van der Waals surface area contributed by atoms with Gasteiger partial charge in [-0.15, -0.1) is 0 Å². The quantitative estimate of drug-likeness (QED) is 0.607. The van der Waals surface area contributed by atoms with Crippen LogP contribution < -0.4 is 5.32 Å². The number of hydrogen-bond acceptors (Lipinski definition) is 5. The van der Waals surface area contributed by atoms with Crippen molar-refractivity contribution in [3.8, 4) is 0 Å². The molecule has 0 saturated heterocycles. The van der Waals surface area contributed by atoms with Gasteiger partial charge in [0.15, 0.2) is 5.78 Å². The molecule has 3 fully saturated rings. The first-order valence-electron chi connectivity index (χ1n) is 12.1. The van der Waals surface area contributed by atoms with Gasteiger partial charge in [0, 0.05) is 18.3 Å². The number of carbonyl (C=O) groups is 4. The molecule has 32 heavy (non-hydrogen) atoms. The summed E-state index contributed by atoms with van der Waals surface area (Å²) in [5, 5.41) is 10.9. The molecular formula is C25H35NO6. The van der Waals surface area contributed by atoms with Gasteiger partial charge >= 0.3 is 11.9 Å². The number of amides is 1. The molecule has 2 N–H and O–H groups in total. The largest absolute Gasteiger partial charge is 0.480 e. The molecule has 4 aliphatic carbocycles. The summed E-state index contributed by atoms with van der Waals surface area (Å²) in [5.74, 6) is 0.0628. The summed E-state index contributed by atoms with van der Waals surface area (Å²) in [5.41, 5.74) is 1.46. The zero-order chi connectivity index (χ0) is 23.1. The number of ether oxygens (including phenoxy) is 1. The third kappa shape index (κ3) is 4.11. The highest BCUT2D eigenvalue weighted by Crippen LogP contribution is 2.65. The maximum Gasteiger partial charge on any atom is 0.322 e. The lowest BCUT2D eigenvalue weighted by molar-refractivity contribution is -0.160. The lowest BCUT2D eigenvalue weighted by atomic mass is 9.47. The SMILES string of the molecule is C[C@]12CCC3C(CCC4=CC(=O)CC[C@@]43C)C1CCC2OC(=O)CCC(=O)NCC(=O)O. The monoisotopic (exact) mass is 445 g/mol. The minimum atomic E-state index is -1.11. The van der Waals surface area contributed by atoms with Crippen LogP contribution >= 0.6 is 0 Å². The van der Waals surface area contributed by atoms with E-state index in [0.717, 1.165) is 44.9 Å². The fourth-order valence-corrected chi connectivity index (χ4v) is 7.40. The molecule has 0 bridgehead atoms. The van der Waals surface area contributed by atoms with Gasteiger partial charge in [-0.2, -0.15) is 0 Å². The van der Waals surface area contributed by atoms with Crippen molar-refractivity contribution in [1.82, 2.24) is 5.32 Å². The molecule has 0 aromatic carbocycles. The summed E-state index contributed by atoms with van der Waals surface area (Å²) in [6.45, 7) is 4.20. The maximum atomic E-state index is 12.5. The Morgan fingerprint density at radius 2 is 1.84 bits per heavy atom. The van der Waals surface area contributed by atoms with E-state index in [2.05, 4.69) is 19.2 Å². The zero-order valence-corrected chi connectivity index (χ0v) is 19.2. The first-order valence-corrected chi connectivity index (χ1v) is 12.1. The Kier molecular flexibility index (Phi) is 6.21. The lowest BCUT2D eigenvalue weighted by Crippen LogP contribution is -2.51. The number of rotatable bonds is 6. The van der Waals surface area contributed by atoms with Crippen LogP contribution in [-0.4, -0.2) is 41.4 Å². The fourth-order valence-electron chi connectivity index (χ4n) is 7.40. The van der Waals surface area contributed by atoms with Crippen molar-refractivity contribution in [1.29, 1.82) is 0 Å². The molecule has 3 saturated carbocycles. The Morgan fingerprint density at radius 3 is 2.59 bits per heavy atom. The van der Waals surface area contributed by atoms with Crippen LogP contribution in [0.15, 0.2) is 11.6 Å². The molecule has 0 aliphatic heterocycles. The summed E-state index contributed by atoms with van der Waals surface area (Å²) in [7, 11) is 0. The second-order valence-corrected chi connectivity index (χ2v) is 10.7. The molecule has 6 atom stereocenters. The maximum absolute atomic E-state index is 12.5. The third-order valence-corrected chi connectivity index (χ3v) is 9.14. The summed E-state index contributed by atoms with van der Waals surface area (Å²) in [6.07, 6.45) is 9.50. The van der Waals surface area contributed by atoms with Gasteiger partial charge in [0.1, 0.15) is 12.6 Å². The molecule has 7 heteroatoms. The van der Waals surface area contributed by atoms with Crippen molar-refractivity contribution in [2.45, 2.75) is 84.2 Å². The Bertz CT molecular complexity index is 849. The highest BCUT2D eigenvalue weighted by Gasteiger charge is 2.59. The number of ketones is 1. The molecule has 0 heterocycles. The molecule has 176 valence electrons. The van der Waals surface area contributed by atoms with E-state index in [9.17, 15) is 19.2 Å². The minimum Gasteiger partial charge on any atom is -0.480 e. The number of esters is 1. The number of carbonyl (C=O) groups excluding carboxylic acids is 3. The number of carboxylic acids is 1. The molecule has 4 rings (SSSR count). The first-order chi connectivity index (χ1) is 15.1. The predicted octanol–water partition coefficient (Wildman–Crippen LogP) is 3.41. The molecule has 4 unspecified atom stereocenters. The van der Waals surface area contributed by atoms with Gasteiger partial charge in [0.2, 0.25) is 5.91 Å². The number of allylic oxidation sites excluding steroid dienone is 1. The fraction of sp³-hybridized carbons (Fsp3) is 0.760. The van der Waals surface area contributed by atoms with Crippen LogP contribution in [-0.2, 0) is 23.9 Å². The zero-order valence-electron chi connectivity index (χ0n) is 19.2. The number of aliphatic carboxylic acids is 1. The highest BCUT2D eigenvalue weighted by molar-refractivity contribution is 5.91. The second kappa shape index (κ2) is 8.64. The molecule has 4 aliphatic rings. The normalized spacial score (nSPS) is 38.1. The molecule has 1 amide bonds. The molecule has 0 radical (unpaired) electrons. The number of carboxylic acid groups (broad SMARTS) is 1. The van der Waals surface area contributed by atoms with Crippen LogP contribution in [0.25, 0.3) is 0 Å². The Labute approximate surface area is 189 Å². The van der Waals surface area contributed by atoms with Crippen molar-refractivity contribution < 1.29 is 29.0 Å². The molecule has 7 nitrogen and oxygen atoms in total. The number of nitrogens with one attached hydrogen (secondary N) is 1. The average Bonchev–Trinajstić information content (AvgIpc) is 3.07. The summed E-state index contributed by atoms with van der Waals surface area (Å²) in [6, 6.07) is 0. The third-order valence-electron chi connectivity index (χ3n) is 9.14. The van der Waals surface area contributed by atoms with Gasteiger partial charge in [-0.3, -0.25) is 19.2 Å². The Hall–Kier alpha value is -2.18. The van der Waals surface area contributed by atoms with Crippen molar-refractivity contribution >= 4 is 23.6 Å². The highest BCUT2D eigenvalue weighted by atomic mass is 16.5. The van der Waals surface area contributed by atoms with Crippen LogP contribution in [0.4, 0.5) is 0 Å². The van der Waals surface area contributed by atoms with Crippen molar-refractivity contribution in [2.75, 3.05) is 6.54 Å². The van der Waals surface area contributed by atoms with Gasteiger partial charge < -0.3 is 15.2 Å². The number of fused-ring (bicyclic) bond motifs is 5. The molecule has 0 spiro atoms.